The first kappa shape index (κ1) is 29.3. The van der Waals surface area contributed by atoms with E-state index in [4.69, 9.17) is 4.74 Å². The zero-order valence-electron chi connectivity index (χ0n) is 22.1. The number of hydrogen-bond donors (Lipinski definition) is 4. The predicted molar refractivity (Wildman–Crippen MR) is 152 cm³/mol. The summed E-state index contributed by atoms with van der Waals surface area (Å²) in [7, 11) is 1.98. The van der Waals surface area contributed by atoms with Crippen LogP contribution < -0.4 is 5.32 Å². The number of likely N-dealkylation sites (N-methyl/N-ethyl adjacent to an activating group) is 1. The summed E-state index contributed by atoms with van der Waals surface area (Å²) in [6.07, 6.45) is 3.55. The third-order valence-electron chi connectivity index (χ3n) is 7.48. The number of likely N-dealkylation sites (tertiary alicyclic amines) is 1. The highest BCUT2D eigenvalue weighted by molar-refractivity contribution is 7.99. The summed E-state index contributed by atoms with van der Waals surface area (Å²) in [6.45, 7) is 3.05. The average Bonchev–Trinajstić information content (AvgIpc) is 3.31. The Morgan fingerprint density at radius 1 is 1.16 bits per heavy atom. The van der Waals surface area contributed by atoms with Crippen molar-refractivity contribution in [1.82, 2.24) is 15.2 Å². The molecule has 8 atom stereocenters. The van der Waals surface area contributed by atoms with Crippen molar-refractivity contribution in [2.45, 2.75) is 73.0 Å². The van der Waals surface area contributed by atoms with Gasteiger partial charge in [0.25, 0.3) is 0 Å². The van der Waals surface area contributed by atoms with Crippen LogP contribution in [0.15, 0.2) is 53.7 Å². The molecule has 0 spiro atoms. The molecule has 4 N–H and O–H groups in total. The highest BCUT2D eigenvalue weighted by Crippen LogP contribution is 2.32. The highest BCUT2D eigenvalue weighted by atomic mass is 32.2. The van der Waals surface area contributed by atoms with Gasteiger partial charge < -0.3 is 25.4 Å². The van der Waals surface area contributed by atoms with Crippen molar-refractivity contribution in [3.8, 4) is 11.1 Å². The summed E-state index contributed by atoms with van der Waals surface area (Å²) in [6, 6.07) is 11.2. The van der Waals surface area contributed by atoms with Crippen molar-refractivity contribution in [3.05, 3.63) is 48.8 Å². The summed E-state index contributed by atoms with van der Waals surface area (Å²) >= 11 is 2.82. The van der Waals surface area contributed by atoms with Crippen LogP contribution >= 0.6 is 23.5 Å². The van der Waals surface area contributed by atoms with E-state index in [1.165, 1.54) is 11.8 Å². The van der Waals surface area contributed by atoms with Crippen molar-refractivity contribution in [1.29, 1.82) is 0 Å². The van der Waals surface area contributed by atoms with Gasteiger partial charge >= 0.3 is 0 Å². The quantitative estimate of drug-likeness (QED) is 0.325. The van der Waals surface area contributed by atoms with Gasteiger partial charge in [-0.3, -0.25) is 14.7 Å². The zero-order chi connectivity index (χ0) is 27.2. The topological polar surface area (TPSA) is 115 Å². The largest absolute Gasteiger partial charge is 0.388 e. The van der Waals surface area contributed by atoms with Gasteiger partial charge in [-0.15, -0.1) is 23.5 Å². The number of aliphatic hydroxyl groups excluding tert-OH is 3. The molecule has 2 unspecified atom stereocenters. The molecule has 1 aromatic carbocycles. The van der Waals surface area contributed by atoms with Crippen molar-refractivity contribution in [2.24, 2.45) is 5.92 Å². The lowest BCUT2D eigenvalue weighted by atomic mass is 9.95. The van der Waals surface area contributed by atoms with Crippen LogP contribution in [0.4, 0.5) is 0 Å². The summed E-state index contributed by atoms with van der Waals surface area (Å²) in [5.41, 5.74) is 1.39. The molecule has 0 saturated carbocycles. The fourth-order valence-electron chi connectivity index (χ4n) is 5.39. The van der Waals surface area contributed by atoms with Crippen LogP contribution in [-0.2, 0) is 9.53 Å². The minimum absolute atomic E-state index is 0.0965. The first-order valence-electron chi connectivity index (χ1n) is 13.2. The third kappa shape index (κ3) is 6.91. The van der Waals surface area contributed by atoms with Crippen LogP contribution in [0.5, 0.6) is 0 Å². The molecule has 10 heteroatoms. The number of nitrogens with zero attached hydrogens (tertiary/aromatic N) is 2. The SMILES string of the molecule is CCC[C@@H]1C[C@@H](C(=O)N[C@H](CSc2ccc(-c3cccnc3)cc2)[C@H]2OC(SC)[C@H](O)[C@H](O)C2O)N(C)C1. The molecule has 2 aromatic rings. The smallest absolute Gasteiger partial charge is 0.237 e. The highest BCUT2D eigenvalue weighted by Gasteiger charge is 2.47. The first-order chi connectivity index (χ1) is 18.3. The summed E-state index contributed by atoms with van der Waals surface area (Å²) in [5.74, 6) is 0.820. The van der Waals surface area contributed by atoms with Crippen molar-refractivity contribution in [2.75, 3.05) is 25.6 Å². The normalized spacial score (nSPS) is 30.7. The first-order valence-corrected chi connectivity index (χ1v) is 15.5. The summed E-state index contributed by atoms with van der Waals surface area (Å²) < 4.78 is 6.06. The second-order valence-corrected chi connectivity index (χ2v) is 12.2. The van der Waals surface area contributed by atoms with E-state index in [2.05, 4.69) is 22.1 Å². The average molecular weight is 562 g/mol. The molecule has 4 rings (SSSR count). The molecule has 2 fully saturated rings. The Balaban J connectivity index is 1.49. The molecule has 2 aliphatic rings. The fourth-order valence-corrected chi connectivity index (χ4v) is 7.04. The van der Waals surface area contributed by atoms with Gasteiger partial charge in [0.15, 0.2) is 0 Å². The molecule has 1 amide bonds. The monoisotopic (exact) mass is 561 g/mol. The van der Waals surface area contributed by atoms with Gasteiger partial charge in [-0.2, -0.15) is 0 Å². The van der Waals surface area contributed by atoms with E-state index in [0.29, 0.717) is 11.7 Å². The molecule has 0 radical (unpaired) electrons. The van der Waals surface area contributed by atoms with Gasteiger partial charge in [-0.25, -0.2) is 0 Å². The number of ether oxygens (including phenoxy) is 1. The number of carbonyl (C=O) groups excluding carboxylic acids is 1. The Labute approximate surface area is 233 Å². The maximum Gasteiger partial charge on any atom is 0.237 e. The minimum atomic E-state index is -1.36. The van der Waals surface area contributed by atoms with Crippen LogP contribution in [-0.4, -0.2) is 98.6 Å². The predicted octanol–water partition coefficient (Wildman–Crippen LogP) is 2.62. The van der Waals surface area contributed by atoms with E-state index >= 15 is 0 Å². The standard InChI is InChI=1S/C28H39N3O5S2/c1-4-6-17-13-22(31(2)15-17)27(35)30-21(26-24(33)23(32)25(34)28(36-26)37-3)16-38-20-10-8-18(9-11-20)19-7-5-12-29-14-19/h5,7-12,14,17,21-26,28,32-34H,4,6,13,15-16H2,1-3H3,(H,30,35)/t17-,21-,22+,23-,24?,25-,26-,28?/m1/s1. The van der Waals surface area contributed by atoms with Crippen LogP contribution in [0.2, 0.25) is 0 Å². The number of benzene rings is 1. The molecule has 0 aliphatic carbocycles. The maximum atomic E-state index is 13.5. The molecule has 0 bridgehead atoms. The fraction of sp³-hybridized carbons (Fsp3) is 0.571. The van der Waals surface area contributed by atoms with E-state index in [1.807, 2.05) is 49.6 Å². The lowest BCUT2D eigenvalue weighted by molar-refractivity contribution is -0.203. The Kier molecular flexibility index (Phi) is 10.5. The van der Waals surface area contributed by atoms with E-state index in [0.717, 1.165) is 41.8 Å². The van der Waals surface area contributed by atoms with Gasteiger partial charge in [0.05, 0.1) is 12.1 Å². The number of aromatic nitrogens is 1. The molecule has 8 nitrogen and oxygen atoms in total. The Bertz CT molecular complexity index is 1030. The number of nitrogens with one attached hydrogen (secondary N) is 1. The molecule has 2 saturated heterocycles. The molecule has 3 heterocycles. The summed E-state index contributed by atoms with van der Waals surface area (Å²) in [5, 5.41) is 34.9. The van der Waals surface area contributed by atoms with E-state index in [9.17, 15) is 20.1 Å². The van der Waals surface area contributed by atoms with Gasteiger partial charge in [0.1, 0.15) is 29.9 Å². The molecular weight excluding hydrogens is 522 g/mol. The number of carbonyl (C=O) groups is 1. The number of hydrogen-bond acceptors (Lipinski definition) is 9. The summed E-state index contributed by atoms with van der Waals surface area (Å²) in [4.78, 5) is 20.7. The minimum Gasteiger partial charge on any atom is -0.388 e. The van der Waals surface area contributed by atoms with E-state index < -0.39 is 35.9 Å². The number of pyridine rings is 1. The maximum absolute atomic E-state index is 13.5. The van der Waals surface area contributed by atoms with Gasteiger partial charge in [0, 0.05) is 29.6 Å². The van der Waals surface area contributed by atoms with Crippen LogP contribution in [0.1, 0.15) is 26.2 Å². The van der Waals surface area contributed by atoms with Gasteiger partial charge in [0.2, 0.25) is 5.91 Å². The van der Waals surface area contributed by atoms with Crippen LogP contribution in [0.25, 0.3) is 11.1 Å². The Morgan fingerprint density at radius 2 is 1.92 bits per heavy atom. The van der Waals surface area contributed by atoms with Crippen LogP contribution in [0, 0.1) is 5.92 Å². The molecule has 1 aromatic heterocycles. The van der Waals surface area contributed by atoms with Gasteiger partial charge in [-0.1, -0.05) is 31.5 Å². The molecule has 38 heavy (non-hydrogen) atoms. The second-order valence-electron chi connectivity index (χ2n) is 10.2. The van der Waals surface area contributed by atoms with E-state index in [-0.39, 0.29) is 11.9 Å². The lowest BCUT2D eigenvalue weighted by Crippen LogP contribution is -2.64. The van der Waals surface area contributed by atoms with Crippen molar-refractivity contribution in [3.63, 3.8) is 0 Å². The number of rotatable bonds is 10. The van der Waals surface area contributed by atoms with E-state index in [1.54, 1.807) is 24.2 Å². The number of amides is 1. The van der Waals surface area contributed by atoms with Crippen molar-refractivity contribution >= 4 is 29.4 Å². The Hall–Kier alpha value is -1.66. The number of thioether (sulfide) groups is 2. The molecule has 2 aliphatic heterocycles. The molecule has 208 valence electrons. The molecular formula is C28H39N3O5S2. The van der Waals surface area contributed by atoms with Gasteiger partial charge in [-0.05, 0) is 61.4 Å². The second kappa shape index (κ2) is 13.6. The third-order valence-corrected chi connectivity index (χ3v) is 9.46. The van der Waals surface area contributed by atoms with Crippen molar-refractivity contribution < 1.29 is 24.9 Å². The number of aliphatic hydroxyl groups is 3. The Morgan fingerprint density at radius 3 is 2.58 bits per heavy atom. The zero-order valence-corrected chi connectivity index (χ0v) is 23.8. The van der Waals surface area contributed by atoms with Crippen LogP contribution in [0.3, 0.4) is 0 Å². The lowest BCUT2D eigenvalue weighted by Gasteiger charge is -2.43.